The Morgan fingerprint density at radius 3 is 2.69 bits per heavy atom. The Bertz CT molecular complexity index is 437. The number of piperidine rings is 1. The average Bonchev–Trinajstić information content (AvgIpc) is 3.01. The second kappa shape index (κ2) is 4.14. The van der Waals surface area contributed by atoms with Crippen LogP contribution in [0.15, 0.2) is 36.9 Å². The van der Waals surface area contributed by atoms with Crippen molar-refractivity contribution in [3.8, 4) is 5.69 Å². The first-order valence-electron chi connectivity index (χ1n) is 5.82. The quantitative estimate of drug-likeness (QED) is 0.827. The first-order chi connectivity index (χ1) is 7.93. The van der Waals surface area contributed by atoms with Crippen LogP contribution >= 0.6 is 0 Å². The highest BCUT2D eigenvalue weighted by Gasteiger charge is 2.15. The fourth-order valence-corrected chi connectivity index (χ4v) is 2.24. The highest BCUT2D eigenvalue weighted by molar-refractivity contribution is 5.26. The zero-order valence-corrected chi connectivity index (χ0v) is 9.21. The highest BCUT2D eigenvalue weighted by atomic mass is 15.3. The van der Waals surface area contributed by atoms with E-state index in [1.807, 2.05) is 30.7 Å². The van der Waals surface area contributed by atoms with E-state index in [1.165, 1.54) is 12.8 Å². The summed E-state index contributed by atoms with van der Waals surface area (Å²) in [5, 5.41) is 7.84. The van der Waals surface area contributed by atoms with Crippen molar-refractivity contribution in [1.82, 2.24) is 19.7 Å². The highest BCUT2D eigenvalue weighted by Crippen LogP contribution is 2.19. The molecule has 3 heterocycles. The molecule has 1 saturated heterocycles. The molecule has 16 heavy (non-hydrogen) atoms. The van der Waals surface area contributed by atoms with Gasteiger partial charge in [0.05, 0.1) is 17.9 Å². The van der Waals surface area contributed by atoms with E-state index in [1.54, 1.807) is 0 Å². The Kier molecular flexibility index (Phi) is 2.50. The van der Waals surface area contributed by atoms with Gasteiger partial charge in [0, 0.05) is 18.6 Å². The van der Waals surface area contributed by atoms with Crippen LogP contribution in [-0.4, -0.2) is 27.4 Å². The van der Waals surface area contributed by atoms with Gasteiger partial charge in [-0.3, -0.25) is 4.68 Å². The molecule has 2 aromatic rings. The Morgan fingerprint density at radius 1 is 1.19 bits per heavy atom. The van der Waals surface area contributed by atoms with E-state index < -0.39 is 0 Å². The first kappa shape index (κ1) is 9.66. The van der Waals surface area contributed by atoms with Crippen molar-refractivity contribution in [3.63, 3.8) is 0 Å². The predicted molar refractivity (Wildman–Crippen MR) is 62.7 cm³/mol. The predicted octanol–water partition coefficient (Wildman–Crippen LogP) is 1.60. The van der Waals surface area contributed by atoms with Crippen LogP contribution < -0.4 is 5.32 Å². The van der Waals surface area contributed by atoms with Crippen LogP contribution in [-0.2, 0) is 0 Å². The maximum Gasteiger partial charge on any atom is 0.0833 e. The molecule has 4 nitrogen and oxygen atoms in total. The molecule has 1 aliphatic rings. The lowest BCUT2D eigenvalue weighted by molar-refractivity contribution is 0.343. The number of aromatic nitrogens is 3. The Labute approximate surface area is 94.9 Å². The van der Waals surface area contributed by atoms with Gasteiger partial charge in [-0.05, 0) is 38.1 Å². The summed E-state index contributed by atoms with van der Waals surface area (Å²) in [6, 6.07) is 4.62. The maximum atomic E-state index is 4.46. The topological polar surface area (TPSA) is 34.8 Å². The number of rotatable bonds is 2. The van der Waals surface area contributed by atoms with Crippen molar-refractivity contribution in [2.45, 2.75) is 18.9 Å². The van der Waals surface area contributed by atoms with Gasteiger partial charge in [0.2, 0.25) is 0 Å². The summed E-state index contributed by atoms with van der Waals surface area (Å²) in [7, 11) is 0. The van der Waals surface area contributed by atoms with Crippen molar-refractivity contribution in [2.75, 3.05) is 13.1 Å². The van der Waals surface area contributed by atoms with Crippen LogP contribution in [0.1, 0.15) is 18.9 Å². The van der Waals surface area contributed by atoms with Crippen molar-refractivity contribution >= 4 is 0 Å². The molecular weight excluding hydrogens is 200 g/mol. The van der Waals surface area contributed by atoms with E-state index in [0.29, 0.717) is 6.04 Å². The second-order valence-electron chi connectivity index (χ2n) is 4.25. The van der Waals surface area contributed by atoms with E-state index in [0.717, 1.165) is 18.8 Å². The third kappa shape index (κ3) is 1.76. The Hall–Kier alpha value is -1.55. The molecule has 1 N–H and O–H groups in total. The van der Waals surface area contributed by atoms with Gasteiger partial charge in [-0.15, -0.1) is 0 Å². The molecule has 3 rings (SSSR count). The largest absolute Gasteiger partial charge is 0.321 e. The fourth-order valence-electron chi connectivity index (χ4n) is 2.24. The van der Waals surface area contributed by atoms with Gasteiger partial charge in [-0.25, -0.2) is 0 Å². The van der Waals surface area contributed by atoms with Gasteiger partial charge >= 0.3 is 0 Å². The second-order valence-corrected chi connectivity index (χ2v) is 4.25. The SMILES string of the molecule is c1ccn(-c2cnn(C3CCNCC3)c2)c1. The number of hydrogen-bond acceptors (Lipinski definition) is 2. The summed E-state index contributed by atoms with van der Waals surface area (Å²) in [4.78, 5) is 0. The molecule has 84 valence electrons. The third-order valence-corrected chi connectivity index (χ3v) is 3.17. The molecule has 0 aromatic carbocycles. The molecule has 0 spiro atoms. The molecule has 1 aliphatic heterocycles. The van der Waals surface area contributed by atoms with Crippen LogP contribution in [0.25, 0.3) is 5.69 Å². The molecule has 4 heteroatoms. The van der Waals surface area contributed by atoms with Crippen molar-refractivity contribution in [2.24, 2.45) is 0 Å². The average molecular weight is 216 g/mol. The lowest BCUT2D eigenvalue weighted by Crippen LogP contribution is -2.29. The van der Waals surface area contributed by atoms with Crippen molar-refractivity contribution in [1.29, 1.82) is 0 Å². The van der Waals surface area contributed by atoms with Crippen molar-refractivity contribution in [3.05, 3.63) is 36.9 Å². The van der Waals surface area contributed by atoms with Crippen molar-refractivity contribution < 1.29 is 0 Å². The van der Waals surface area contributed by atoms with Gasteiger partial charge in [0.15, 0.2) is 0 Å². The molecule has 2 aromatic heterocycles. The van der Waals surface area contributed by atoms with Crippen LogP contribution in [0.2, 0.25) is 0 Å². The summed E-state index contributed by atoms with van der Waals surface area (Å²) in [6.07, 6.45) is 10.5. The maximum absolute atomic E-state index is 4.46. The summed E-state index contributed by atoms with van der Waals surface area (Å²) in [5.41, 5.74) is 1.14. The summed E-state index contributed by atoms with van der Waals surface area (Å²) in [6.45, 7) is 2.20. The number of hydrogen-bond donors (Lipinski definition) is 1. The van der Waals surface area contributed by atoms with E-state index in [9.17, 15) is 0 Å². The zero-order chi connectivity index (χ0) is 10.8. The molecule has 0 unspecified atom stereocenters. The summed E-state index contributed by atoms with van der Waals surface area (Å²) >= 11 is 0. The molecular formula is C12H16N4. The molecule has 0 atom stereocenters. The molecule has 0 amide bonds. The monoisotopic (exact) mass is 216 g/mol. The summed E-state index contributed by atoms with van der Waals surface area (Å²) in [5.74, 6) is 0. The molecule has 0 radical (unpaired) electrons. The van der Waals surface area contributed by atoms with Crippen LogP contribution in [0.5, 0.6) is 0 Å². The van der Waals surface area contributed by atoms with E-state index in [-0.39, 0.29) is 0 Å². The van der Waals surface area contributed by atoms with E-state index >= 15 is 0 Å². The molecule has 0 aliphatic carbocycles. The van der Waals surface area contributed by atoms with E-state index in [4.69, 9.17) is 0 Å². The fraction of sp³-hybridized carbons (Fsp3) is 0.417. The Morgan fingerprint density at radius 2 is 1.94 bits per heavy atom. The minimum absolute atomic E-state index is 0.561. The lowest BCUT2D eigenvalue weighted by Gasteiger charge is -2.22. The minimum atomic E-state index is 0.561. The van der Waals surface area contributed by atoms with Crippen LogP contribution in [0.4, 0.5) is 0 Å². The van der Waals surface area contributed by atoms with Gasteiger partial charge < -0.3 is 9.88 Å². The summed E-state index contributed by atoms with van der Waals surface area (Å²) < 4.78 is 4.20. The van der Waals surface area contributed by atoms with Crippen LogP contribution in [0.3, 0.4) is 0 Å². The zero-order valence-electron chi connectivity index (χ0n) is 9.21. The van der Waals surface area contributed by atoms with Gasteiger partial charge in [0.25, 0.3) is 0 Å². The van der Waals surface area contributed by atoms with Gasteiger partial charge in [0.1, 0.15) is 0 Å². The Balaban J connectivity index is 1.82. The smallest absolute Gasteiger partial charge is 0.0833 e. The van der Waals surface area contributed by atoms with Gasteiger partial charge in [-0.2, -0.15) is 5.10 Å². The first-order valence-corrected chi connectivity index (χ1v) is 5.82. The molecule has 1 fully saturated rings. The molecule has 0 bridgehead atoms. The lowest BCUT2D eigenvalue weighted by atomic mass is 10.1. The third-order valence-electron chi connectivity index (χ3n) is 3.17. The standard InChI is InChI=1S/C12H16N4/c1-2-8-15(7-1)12-9-14-16(10-12)11-3-5-13-6-4-11/h1-2,7-11,13H,3-6H2. The number of nitrogens with one attached hydrogen (secondary N) is 1. The van der Waals surface area contributed by atoms with Crippen LogP contribution in [0, 0.1) is 0 Å². The number of nitrogens with zero attached hydrogens (tertiary/aromatic N) is 3. The molecule has 0 saturated carbocycles. The van der Waals surface area contributed by atoms with E-state index in [2.05, 4.69) is 25.9 Å². The normalized spacial score (nSPS) is 17.8. The van der Waals surface area contributed by atoms with Gasteiger partial charge in [-0.1, -0.05) is 0 Å². The minimum Gasteiger partial charge on any atom is -0.321 e.